The number of likely N-dealkylation sites (tertiary alicyclic amines) is 2. The molecule has 2 aliphatic rings. The number of ether oxygens (including phenoxy) is 1. The fraction of sp³-hybridized carbons (Fsp3) is 0.632. The lowest BCUT2D eigenvalue weighted by Crippen LogP contribution is -2.43. The van der Waals surface area contributed by atoms with Crippen LogP contribution in [0, 0.1) is 5.92 Å². The molecule has 24 heavy (non-hydrogen) atoms. The molecule has 5 heteroatoms. The molecule has 132 valence electrons. The average Bonchev–Trinajstić information content (AvgIpc) is 3.08. The first kappa shape index (κ1) is 17.2. The van der Waals surface area contributed by atoms with Crippen LogP contribution in [-0.2, 0) is 11.3 Å². The van der Waals surface area contributed by atoms with E-state index in [0.717, 1.165) is 51.0 Å². The summed E-state index contributed by atoms with van der Waals surface area (Å²) in [5, 5.41) is 9.42. The summed E-state index contributed by atoms with van der Waals surface area (Å²) in [6.07, 6.45) is 4.15. The van der Waals surface area contributed by atoms with Crippen LogP contribution < -0.4 is 0 Å². The third-order valence-corrected chi connectivity index (χ3v) is 5.28. The molecular weight excluding hydrogens is 304 g/mol. The molecule has 1 atom stereocenters. The highest BCUT2D eigenvalue weighted by Gasteiger charge is 2.29. The molecule has 0 radical (unpaired) electrons. The molecule has 1 aromatic carbocycles. The molecule has 0 saturated carbocycles. The van der Waals surface area contributed by atoms with Crippen molar-refractivity contribution in [3.63, 3.8) is 0 Å². The smallest absolute Gasteiger partial charge is 0.410 e. The van der Waals surface area contributed by atoms with Gasteiger partial charge < -0.3 is 14.7 Å². The summed E-state index contributed by atoms with van der Waals surface area (Å²) in [6.45, 7) is 4.31. The van der Waals surface area contributed by atoms with Gasteiger partial charge in [-0.1, -0.05) is 30.3 Å². The van der Waals surface area contributed by atoms with Gasteiger partial charge in [-0.2, -0.15) is 0 Å². The molecule has 5 nitrogen and oxygen atoms in total. The summed E-state index contributed by atoms with van der Waals surface area (Å²) in [6, 6.07) is 10.1. The standard InChI is InChI=1S/C19H28N2O3/c22-14-18-7-4-10-21(18)13-16-8-11-20(12-9-16)19(23)24-15-17-5-2-1-3-6-17/h1-3,5-6,16,18,22H,4,7-15H2/t18-/m0/s1. The van der Waals surface area contributed by atoms with Gasteiger partial charge in [0.25, 0.3) is 0 Å². The molecule has 2 heterocycles. The molecule has 3 rings (SSSR count). The lowest BCUT2D eigenvalue weighted by Gasteiger charge is -2.34. The van der Waals surface area contributed by atoms with Crippen LogP contribution >= 0.6 is 0 Å². The van der Waals surface area contributed by atoms with Crippen LogP contribution in [0.1, 0.15) is 31.2 Å². The van der Waals surface area contributed by atoms with Crippen LogP contribution in [0.25, 0.3) is 0 Å². The first-order valence-corrected chi connectivity index (χ1v) is 9.07. The Hall–Kier alpha value is -1.59. The Bertz CT molecular complexity index is 515. The number of hydrogen-bond acceptors (Lipinski definition) is 4. The number of aliphatic hydroxyl groups is 1. The van der Waals surface area contributed by atoms with Gasteiger partial charge in [-0.15, -0.1) is 0 Å². The minimum atomic E-state index is -0.202. The zero-order valence-electron chi connectivity index (χ0n) is 14.3. The van der Waals surface area contributed by atoms with Gasteiger partial charge >= 0.3 is 6.09 Å². The molecule has 0 aromatic heterocycles. The Morgan fingerprint density at radius 1 is 1.12 bits per heavy atom. The number of rotatable bonds is 5. The molecule has 1 N–H and O–H groups in total. The second-order valence-corrected chi connectivity index (χ2v) is 6.94. The Labute approximate surface area is 144 Å². The SMILES string of the molecule is O=C(OCc1ccccc1)N1CCC(CN2CCC[C@H]2CO)CC1. The van der Waals surface area contributed by atoms with Gasteiger partial charge in [0, 0.05) is 25.7 Å². The van der Waals surface area contributed by atoms with E-state index in [1.807, 2.05) is 35.2 Å². The maximum atomic E-state index is 12.2. The van der Waals surface area contributed by atoms with E-state index in [1.54, 1.807) is 0 Å². The molecule has 1 amide bonds. The summed E-state index contributed by atoms with van der Waals surface area (Å²) >= 11 is 0. The average molecular weight is 332 g/mol. The Morgan fingerprint density at radius 2 is 1.88 bits per heavy atom. The topological polar surface area (TPSA) is 53.0 Å². The van der Waals surface area contributed by atoms with Gasteiger partial charge in [0.05, 0.1) is 6.61 Å². The fourth-order valence-electron chi connectivity index (χ4n) is 3.78. The maximum absolute atomic E-state index is 12.2. The summed E-state index contributed by atoms with van der Waals surface area (Å²) in [4.78, 5) is 16.4. The number of hydrogen-bond donors (Lipinski definition) is 1. The van der Waals surface area contributed by atoms with E-state index >= 15 is 0 Å². The minimum Gasteiger partial charge on any atom is -0.445 e. The first-order valence-electron chi connectivity index (χ1n) is 9.07. The van der Waals surface area contributed by atoms with Crippen molar-refractivity contribution >= 4 is 6.09 Å². The van der Waals surface area contributed by atoms with Gasteiger partial charge in [0.2, 0.25) is 0 Å². The van der Waals surface area contributed by atoms with Gasteiger partial charge in [0.15, 0.2) is 0 Å². The van der Waals surface area contributed by atoms with Crippen molar-refractivity contribution in [1.82, 2.24) is 9.80 Å². The van der Waals surface area contributed by atoms with Crippen LogP contribution in [0.2, 0.25) is 0 Å². The maximum Gasteiger partial charge on any atom is 0.410 e. The van der Waals surface area contributed by atoms with E-state index in [9.17, 15) is 9.90 Å². The second kappa shape index (κ2) is 8.49. The highest BCUT2D eigenvalue weighted by molar-refractivity contribution is 5.67. The lowest BCUT2D eigenvalue weighted by molar-refractivity contribution is 0.0731. The van der Waals surface area contributed by atoms with Crippen molar-refractivity contribution in [1.29, 1.82) is 0 Å². The Morgan fingerprint density at radius 3 is 2.58 bits per heavy atom. The third kappa shape index (κ3) is 4.48. The molecule has 0 bridgehead atoms. The van der Waals surface area contributed by atoms with Crippen molar-refractivity contribution in [3.8, 4) is 0 Å². The predicted octanol–water partition coefficient (Wildman–Crippen LogP) is 2.49. The van der Waals surface area contributed by atoms with Crippen molar-refractivity contribution in [2.24, 2.45) is 5.92 Å². The Balaban J connectivity index is 1.39. The predicted molar refractivity (Wildman–Crippen MR) is 92.6 cm³/mol. The van der Waals surface area contributed by atoms with E-state index in [2.05, 4.69) is 4.90 Å². The van der Waals surface area contributed by atoms with E-state index in [0.29, 0.717) is 18.6 Å². The van der Waals surface area contributed by atoms with Crippen molar-refractivity contribution < 1.29 is 14.6 Å². The van der Waals surface area contributed by atoms with Crippen LogP contribution in [0.4, 0.5) is 4.79 Å². The van der Waals surface area contributed by atoms with Crippen molar-refractivity contribution in [2.45, 2.75) is 38.3 Å². The van der Waals surface area contributed by atoms with Crippen molar-refractivity contribution in [3.05, 3.63) is 35.9 Å². The van der Waals surface area contributed by atoms with Crippen LogP contribution in [0.15, 0.2) is 30.3 Å². The van der Waals surface area contributed by atoms with E-state index in [1.165, 1.54) is 6.42 Å². The molecular formula is C19H28N2O3. The number of carbonyl (C=O) groups excluding carboxylic acids is 1. The van der Waals surface area contributed by atoms with Gasteiger partial charge in [-0.05, 0) is 43.7 Å². The molecule has 2 aliphatic heterocycles. The van der Waals surface area contributed by atoms with Gasteiger partial charge in [-0.25, -0.2) is 4.79 Å². The molecule has 2 fully saturated rings. The van der Waals surface area contributed by atoms with Crippen molar-refractivity contribution in [2.75, 3.05) is 32.8 Å². The van der Waals surface area contributed by atoms with E-state index < -0.39 is 0 Å². The van der Waals surface area contributed by atoms with Crippen LogP contribution in [0.5, 0.6) is 0 Å². The zero-order chi connectivity index (χ0) is 16.8. The number of nitrogens with zero attached hydrogens (tertiary/aromatic N) is 2. The number of amides is 1. The molecule has 1 aromatic rings. The summed E-state index contributed by atoms with van der Waals surface area (Å²) < 4.78 is 5.41. The number of aliphatic hydroxyl groups excluding tert-OH is 1. The molecule has 0 unspecified atom stereocenters. The zero-order valence-corrected chi connectivity index (χ0v) is 14.3. The summed E-state index contributed by atoms with van der Waals surface area (Å²) in [5.41, 5.74) is 1.02. The summed E-state index contributed by atoms with van der Waals surface area (Å²) in [7, 11) is 0. The second-order valence-electron chi connectivity index (χ2n) is 6.94. The fourth-order valence-corrected chi connectivity index (χ4v) is 3.78. The Kier molecular flexibility index (Phi) is 6.10. The highest BCUT2D eigenvalue weighted by atomic mass is 16.6. The number of piperidine rings is 1. The first-order chi connectivity index (χ1) is 11.8. The quantitative estimate of drug-likeness (QED) is 0.900. The molecule has 0 aliphatic carbocycles. The minimum absolute atomic E-state index is 0.202. The van der Waals surface area contributed by atoms with Crippen LogP contribution in [0.3, 0.4) is 0 Å². The van der Waals surface area contributed by atoms with Crippen LogP contribution in [-0.4, -0.2) is 59.8 Å². The highest BCUT2D eigenvalue weighted by Crippen LogP contribution is 2.24. The summed E-state index contributed by atoms with van der Waals surface area (Å²) in [5.74, 6) is 0.621. The third-order valence-electron chi connectivity index (χ3n) is 5.28. The normalized spacial score (nSPS) is 22.7. The number of benzene rings is 1. The monoisotopic (exact) mass is 332 g/mol. The molecule has 0 spiro atoms. The molecule has 2 saturated heterocycles. The number of carbonyl (C=O) groups is 1. The van der Waals surface area contributed by atoms with E-state index in [-0.39, 0.29) is 12.7 Å². The van der Waals surface area contributed by atoms with E-state index in [4.69, 9.17) is 4.74 Å². The van der Waals surface area contributed by atoms with Gasteiger partial charge in [-0.3, -0.25) is 4.90 Å². The lowest BCUT2D eigenvalue weighted by atomic mass is 9.96. The van der Waals surface area contributed by atoms with Gasteiger partial charge in [0.1, 0.15) is 6.61 Å². The largest absolute Gasteiger partial charge is 0.445 e.